The topological polar surface area (TPSA) is 50.9 Å². The van der Waals surface area contributed by atoms with Gasteiger partial charge in [-0.3, -0.25) is 0 Å². The van der Waals surface area contributed by atoms with Crippen LogP contribution in [0.15, 0.2) is 113 Å². The third kappa shape index (κ3) is 3.67. The predicted molar refractivity (Wildman–Crippen MR) is 142 cm³/mol. The van der Waals surface area contributed by atoms with E-state index in [4.69, 9.17) is 4.98 Å². The van der Waals surface area contributed by atoms with E-state index in [1.54, 1.807) is 0 Å². The Morgan fingerprint density at radius 2 is 1.56 bits per heavy atom. The first-order chi connectivity index (χ1) is 17.3. The van der Waals surface area contributed by atoms with E-state index in [9.17, 15) is 5.11 Å². The Bertz CT molecular complexity index is 1900. The second-order valence-electron chi connectivity index (χ2n) is 8.39. The van der Waals surface area contributed by atoms with Gasteiger partial charge in [0.05, 0.1) is 5.03 Å². The molecule has 0 amide bonds. The average Bonchev–Trinajstić information content (AvgIpc) is 3.23. The van der Waals surface area contributed by atoms with Crippen LogP contribution in [0.4, 0.5) is 0 Å². The van der Waals surface area contributed by atoms with Gasteiger partial charge in [0.25, 0.3) is 0 Å². The fraction of sp³-hybridized carbons (Fsp3) is 0. The van der Waals surface area contributed by atoms with Gasteiger partial charge in [0.2, 0.25) is 0 Å². The molecule has 4 aromatic carbocycles. The Hall–Kier alpha value is -3.66. The van der Waals surface area contributed by atoms with Gasteiger partial charge in [0.1, 0.15) is 17.1 Å². The Morgan fingerprint density at radius 3 is 2.42 bits per heavy atom. The predicted octanol–water partition coefficient (Wildman–Crippen LogP) is 7.53. The third-order valence-electron chi connectivity index (χ3n) is 6.30. The van der Waals surface area contributed by atoms with Crippen molar-refractivity contribution >= 4 is 55.2 Å². The van der Waals surface area contributed by atoms with Crippen molar-refractivity contribution in [3.05, 3.63) is 109 Å². The molecule has 0 radical (unpaired) electrons. The number of benzene rings is 4. The fourth-order valence-electron chi connectivity index (χ4n) is 4.72. The first kappa shape index (κ1) is 22.8. The second kappa shape index (κ2) is 9.09. The number of pyridine rings is 2. The number of aromatic nitrogens is 3. The molecule has 7 aromatic rings. The number of fused-ring (bicyclic) bond motifs is 5. The number of phenolic OH excluding ortho intramolecular Hbond substituents is 1. The Kier molecular flexibility index (Phi) is 5.75. The summed E-state index contributed by atoms with van der Waals surface area (Å²) >= 11 is 1.53. The molecule has 0 aliphatic rings. The molecule has 176 valence electrons. The van der Waals surface area contributed by atoms with Crippen LogP contribution in [0.3, 0.4) is 0 Å². The van der Waals surface area contributed by atoms with Crippen LogP contribution in [0.2, 0.25) is 0 Å². The van der Waals surface area contributed by atoms with Gasteiger partial charge in [0, 0.05) is 43.6 Å². The van der Waals surface area contributed by atoms with E-state index in [1.807, 2.05) is 66.9 Å². The summed E-state index contributed by atoms with van der Waals surface area (Å²) in [5, 5.41) is 16.7. The molecular weight excluding hydrogens is 645 g/mol. The van der Waals surface area contributed by atoms with E-state index in [0.29, 0.717) is 5.52 Å². The maximum absolute atomic E-state index is 10.9. The van der Waals surface area contributed by atoms with Crippen LogP contribution < -0.4 is 0 Å². The van der Waals surface area contributed by atoms with Gasteiger partial charge in [0.15, 0.2) is 0 Å². The second-order valence-corrected chi connectivity index (χ2v) is 9.46. The summed E-state index contributed by atoms with van der Waals surface area (Å²) in [5.41, 5.74) is 2.68. The summed E-state index contributed by atoms with van der Waals surface area (Å²) in [6.45, 7) is 0. The minimum absolute atomic E-state index is 0. The quantitative estimate of drug-likeness (QED) is 0.157. The number of para-hydroxylation sites is 1. The summed E-state index contributed by atoms with van der Waals surface area (Å²) in [4.78, 5) is 10.3. The average molecular weight is 664 g/mol. The van der Waals surface area contributed by atoms with Gasteiger partial charge in [-0.2, -0.15) is 12.1 Å². The van der Waals surface area contributed by atoms with Crippen LogP contribution in [0.1, 0.15) is 0 Å². The van der Waals surface area contributed by atoms with Gasteiger partial charge in [-0.25, -0.2) is 9.97 Å². The normalized spacial score (nSPS) is 11.3. The minimum atomic E-state index is 0. The van der Waals surface area contributed by atoms with E-state index in [0.717, 1.165) is 48.3 Å². The zero-order valence-electron chi connectivity index (χ0n) is 18.8. The zero-order valence-corrected chi connectivity index (χ0v) is 21.9. The number of rotatable bonds is 3. The van der Waals surface area contributed by atoms with Crippen molar-refractivity contribution in [2.45, 2.75) is 9.92 Å². The van der Waals surface area contributed by atoms with E-state index in [2.05, 4.69) is 52.0 Å². The molecular formula is C30H18N3OPtS-. The van der Waals surface area contributed by atoms with Crippen molar-refractivity contribution in [3.8, 4) is 11.6 Å². The van der Waals surface area contributed by atoms with Crippen molar-refractivity contribution < 1.29 is 26.2 Å². The molecule has 0 aliphatic carbocycles. The first-order valence-corrected chi connectivity index (χ1v) is 12.1. The molecule has 36 heavy (non-hydrogen) atoms. The van der Waals surface area contributed by atoms with Crippen LogP contribution in [0, 0.1) is 6.07 Å². The van der Waals surface area contributed by atoms with Crippen LogP contribution in [-0.4, -0.2) is 19.6 Å². The van der Waals surface area contributed by atoms with E-state index >= 15 is 0 Å². The number of aromatic hydroxyl groups is 1. The molecule has 0 unspecified atom stereocenters. The molecule has 6 heteroatoms. The summed E-state index contributed by atoms with van der Waals surface area (Å²) in [7, 11) is 0. The third-order valence-corrected chi connectivity index (χ3v) is 7.20. The number of hydrogen-bond acceptors (Lipinski definition) is 4. The number of hydrogen-bond donors (Lipinski definition) is 1. The van der Waals surface area contributed by atoms with Crippen LogP contribution >= 0.6 is 11.8 Å². The molecule has 3 heterocycles. The summed E-state index contributed by atoms with van der Waals surface area (Å²) < 4.78 is 2.15. The SMILES string of the molecule is Oc1c2ccccc2cc2ccc(Sc3[c-]c4c(cc3)c3ccccc3n4-c3ccccn3)nc12.[Pt]. The molecule has 0 spiro atoms. The van der Waals surface area contributed by atoms with Gasteiger partial charge in [-0.15, -0.1) is 11.5 Å². The molecule has 3 aromatic heterocycles. The van der Waals surface area contributed by atoms with E-state index in [-0.39, 0.29) is 26.8 Å². The van der Waals surface area contributed by atoms with Crippen molar-refractivity contribution in [3.63, 3.8) is 0 Å². The van der Waals surface area contributed by atoms with Gasteiger partial charge in [-0.05, 0) is 47.2 Å². The zero-order chi connectivity index (χ0) is 23.4. The Balaban J connectivity index is 0.00000240. The van der Waals surface area contributed by atoms with Crippen molar-refractivity contribution in [2.75, 3.05) is 0 Å². The molecule has 0 bridgehead atoms. The van der Waals surface area contributed by atoms with Crippen molar-refractivity contribution in [1.82, 2.24) is 14.5 Å². The van der Waals surface area contributed by atoms with E-state index < -0.39 is 0 Å². The van der Waals surface area contributed by atoms with E-state index in [1.165, 1.54) is 17.1 Å². The maximum atomic E-state index is 10.9. The first-order valence-electron chi connectivity index (χ1n) is 11.3. The summed E-state index contributed by atoms with van der Waals surface area (Å²) in [6.07, 6.45) is 1.81. The number of nitrogens with zero attached hydrogens (tertiary/aromatic N) is 3. The Labute approximate surface area is 225 Å². The van der Waals surface area contributed by atoms with Gasteiger partial charge in [-0.1, -0.05) is 70.7 Å². The molecule has 4 nitrogen and oxygen atoms in total. The monoisotopic (exact) mass is 663 g/mol. The van der Waals surface area contributed by atoms with Crippen LogP contribution in [-0.2, 0) is 21.1 Å². The molecule has 0 atom stereocenters. The van der Waals surface area contributed by atoms with Gasteiger partial charge >= 0.3 is 0 Å². The summed E-state index contributed by atoms with van der Waals surface area (Å²) in [6, 6.07) is 36.0. The van der Waals surface area contributed by atoms with Crippen molar-refractivity contribution in [2.24, 2.45) is 0 Å². The Morgan fingerprint density at radius 1 is 0.750 bits per heavy atom. The summed E-state index contributed by atoms with van der Waals surface area (Å²) in [5.74, 6) is 1.08. The molecule has 0 saturated carbocycles. The molecule has 0 saturated heterocycles. The largest absolute Gasteiger partial charge is 0.505 e. The fourth-order valence-corrected chi connectivity index (χ4v) is 5.50. The number of phenols is 1. The van der Waals surface area contributed by atoms with Crippen LogP contribution in [0.25, 0.3) is 49.3 Å². The molecule has 0 aliphatic heterocycles. The maximum Gasteiger partial charge on any atom is 0.149 e. The molecule has 7 rings (SSSR count). The van der Waals surface area contributed by atoms with Gasteiger partial charge < -0.3 is 9.67 Å². The standard InChI is InChI=1S/C30H18N3OS.Pt/c34-30-22-8-2-1-7-19(22)17-20-12-15-28(32-29(20)30)35-21-13-14-24-23-9-3-4-10-25(23)33(26(24)18-21)27-11-5-6-16-31-27;/h1-17,34H;/q-1;. The smallest absolute Gasteiger partial charge is 0.149 e. The minimum Gasteiger partial charge on any atom is -0.505 e. The van der Waals surface area contributed by atoms with Crippen molar-refractivity contribution in [1.29, 1.82) is 0 Å². The molecule has 1 N–H and O–H groups in total. The molecule has 0 fully saturated rings. The van der Waals surface area contributed by atoms with Crippen LogP contribution in [0.5, 0.6) is 5.75 Å².